The molecule has 0 spiro atoms. The van der Waals surface area contributed by atoms with Crippen molar-refractivity contribution in [3.63, 3.8) is 0 Å². The molecule has 2 unspecified atom stereocenters. The number of nitrogens with one attached hydrogen (secondary N) is 1. The molecule has 0 radical (unpaired) electrons. The molecule has 0 saturated carbocycles. The summed E-state index contributed by atoms with van der Waals surface area (Å²) in [6.45, 7) is 6.13. The molecule has 36 heavy (non-hydrogen) atoms. The van der Waals surface area contributed by atoms with Crippen molar-refractivity contribution < 1.29 is 24.2 Å². The second-order valence-electron chi connectivity index (χ2n) is 10.2. The average Bonchev–Trinajstić information content (AvgIpc) is 2.84. The van der Waals surface area contributed by atoms with Gasteiger partial charge in [-0.25, -0.2) is 9.59 Å². The molecule has 0 aromatic heterocycles. The van der Waals surface area contributed by atoms with E-state index < -0.39 is 6.09 Å². The highest BCUT2D eigenvalue weighted by Gasteiger charge is 2.21. The molecule has 0 bridgehead atoms. The number of carboxylic acid groups (broad SMARTS) is 1. The van der Waals surface area contributed by atoms with E-state index in [2.05, 4.69) is 12.2 Å². The summed E-state index contributed by atoms with van der Waals surface area (Å²) in [5, 5.41) is 11.6. The number of alkyl carbamates (subject to hydrolysis) is 1. The third kappa shape index (κ3) is 19.6. The van der Waals surface area contributed by atoms with Gasteiger partial charge in [-0.3, -0.25) is 4.90 Å². The van der Waals surface area contributed by atoms with Crippen molar-refractivity contribution >= 4 is 12.2 Å². The molecule has 0 aromatic carbocycles. The highest BCUT2D eigenvalue weighted by Crippen LogP contribution is 2.16. The molecular weight excluding hydrogens is 458 g/mol. The monoisotopic (exact) mass is 515 g/mol. The molecule has 8 heteroatoms. The number of methoxy groups -OCH3 is 1. The van der Waals surface area contributed by atoms with Crippen molar-refractivity contribution in [3.05, 3.63) is 0 Å². The van der Waals surface area contributed by atoms with Crippen LogP contribution in [-0.4, -0.2) is 80.3 Å². The number of hydrogen-bond donors (Lipinski definition) is 2. The minimum Gasteiger partial charge on any atom is -0.465 e. The number of cyclic esters (lactones) is 1. The highest BCUT2D eigenvalue weighted by molar-refractivity contribution is 5.68. The number of nitrogens with zero attached hydrogens (tertiary/aromatic N) is 2. The maximum atomic E-state index is 11.1. The van der Waals surface area contributed by atoms with E-state index in [1.807, 2.05) is 25.9 Å². The molecule has 0 aliphatic carbocycles. The first-order valence-corrected chi connectivity index (χ1v) is 14.5. The number of amides is 2. The van der Waals surface area contributed by atoms with Crippen LogP contribution in [0.2, 0.25) is 0 Å². The molecule has 2 atom stereocenters. The normalized spacial score (nSPS) is 16.1. The molecule has 8 nitrogen and oxygen atoms in total. The van der Waals surface area contributed by atoms with E-state index in [-0.39, 0.29) is 18.4 Å². The Kier molecular flexibility index (Phi) is 22.8. The molecule has 2 amide bonds. The lowest BCUT2D eigenvalue weighted by Gasteiger charge is -2.28. The third-order valence-electron chi connectivity index (χ3n) is 6.64. The molecule has 214 valence electrons. The van der Waals surface area contributed by atoms with Gasteiger partial charge in [0, 0.05) is 33.2 Å². The Labute approximate surface area is 221 Å². The van der Waals surface area contributed by atoms with Gasteiger partial charge in [0.05, 0.1) is 0 Å². The minimum absolute atomic E-state index is 0.168. The Morgan fingerprint density at radius 3 is 1.92 bits per heavy atom. The Balaban J connectivity index is 0.000000757. The molecule has 1 aliphatic rings. The zero-order valence-corrected chi connectivity index (χ0v) is 24.1. The molecule has 1 heterocycles. The number of rotatable bonds is 20. The highest BCUT2D eigenvalue weighted by atomic mass is 16.6. The first-order chi connectivity index (χ1) is 17.3. The van der Waals surface area contributed by atoms with Gasteiger partial charge in [-0.05, 0) is 33.4 Å². The van der Waals surface area contributed by atoms with E-state index in [9.17, 15) is 9.59 Å². The van der Waals surface area contributed by atoms with Gasteiger partial charge >= 0.3 is 12.2 Å². The van der Waals surface area contributed by atoms with Gasteiger partial charge < -0.3 is 24.8 Å². The lowest BCUT2D eigenvalue weighted by molar-refractivity contribution is -0.0248. The first-order valence-electron chi connectivity index (χ1n) is 14.5. The van der Waals surface area contributed by atoms with Crippen LogP contribution in [0.3, 0.4) is 0 Å². The first kappa shape index (κ1) is 34.5. The van der Waals surface area contributed by atoms with Gasteiger partial charge in [-0.2, -0.15) is 0 Å². The summed E-state index contributed by atoms with van der Waals surface area (Å²) in [7, 11) is 5.35. The van der Waals surface area contributed by atoms with Gasteiger partial charge in [0.2, 0.25) is 0 Å². The number of carbonyl (C=O) groups is 2. The van der Waals surface area contributed by atoms with Crippen LogP contribution >= 0.6 is 0 Å². The predicted molar refractivity (Wildman–Crippen MR) is 148 cm³/mol. The number of carbonyl (C=O) groups excluding carboxylic acids is 1. The van der Waals surface area contributed by atoms with Crippen LogP contribution in [0.4, 0.5) is 9.59 Å². The van der Waals surface area contributed by atoms with Crippen molar-refractivity contribution in [1.82, 2.24) is 15.1 Å². The number of unbranched alkanes of at least 4 members (excludes halogenated alkanes) is 12. The molecule has 0 aromatic rings. The fraction of sp³-hybridized carbons (Fsp3) is 0.929. The Morgan fingerprint density at radius 2 is 1.50 bits per heavy atom. The fourth-order valence-electron chi connectivity index (χ4n) is 4.37. The summed E-state index contributed by atoms with van der Waals surface area (Å²) in [4.78, 5) is 25.2. The van der Waals surface area contributed by atoms with Crippen LogP contribution in [-0.2, 0) is 9.47 Å². The molecule has 1 aliphatic heterocycles. The maximum Gasteiger partial charge on any atom is 0.409 e. The smallest absolute Gasteiger partial charge is 0.409 e. The van der Waals surface area contributed by atoms with Crippen LogP contribution in [0.25, 0.3) is 0 Å². The van der Waals surface area contributed by atoms with E-state index in [1.165, 1.54) is 95.5 Å². The molecule has 1 fully saturated rings. The Hall–Kier alpha value is -1.54. The molecule has 1 saturated heterocycles. The topological polar surface area (TPSA) is 91.3 Å². The summed E-state index contributed by atoms with van der Waals surface area (Å²) in [6.07, 6.45) is 19.3. The van der Waals surface area contributed by atoms with Gasteiger partial charge in [0.25, 0.3) is 0 Å². The number of ether oxygens (including phenoxy) is 2. The SMILES string of the molecule is CCC(OC)N(CCN(C)C)C(=O)O.CCCCCCCCCCCCCCCC1CCNC(=O)O1. The zero-order chi connectivity index (χ0) is 27.0. The lowest BCUT2D eigenvalue weighted by atomic mass is 10.0. The largest absolute Gasteiger partial charge is 0.465 e. The van der Waals surface area contributed by atoms with E-state index in [1.54, 1.807) is 0 Å². The minimum atomic E-state index is -0.930. The van der Waals surface area contributed by atoms with E-state index >= 15 is 0 Å². The van der Waals surface area contributed by atoms with Gasteiger partial charge in [-0.15, -0.1) is 0 Å². The van der Waals surface area contributed by atoms with E-state index in [0.717, 1.165) is 19.4 Å². The van der Waals surface area contributed by atoms with Gasteiger partial charge in [0.15, 0.2) is 0 Å². The van der Waals surface area contributed by atoms with Crippen molar-refractivity contribution in [3.8, 4) is 0 Å². The van der Waals surface area contributed by atoms with Crippen LogP contribution in [0.15, 0.2) is 0 Å². The van der Waals surface area contributed by atoms with Crippen molar-refractivity contribution in [1.29, 1.82) is 0 Å². The van der Waals surface area contributed by atoms with Crippen molar-refractivity contribution in [2.45, 2.75) is 129 Å². The Bertz CT molecular complexity index is 529. The molecule has 1 rings (SSSR count). The van der Waals surface area contributed by atoms with Crippen LogP contribution in [0.5, 0.6) is 0 Å². The van der Waals surface area contributed by atoms with Crippen LogP contribution in [0, 0.1) is 0 Å². The number of likely N-dealkylation sites (N-methyl/N-ethyl adjacent to an activating group) is 1. The quantitative estimate of drug-likeness (QED) is 0.136. The van der Waals surface area contributed by atoms with Crippen molar-refractivity contribution in [2.24, 2.45) is 0 Å². The average molecular weight is 516 g/mol. The summed E-state index contributed by atoms with van der Waals surface area (Å²) >= 11 is 0. The second kappa shape index (κ2) is 23.8. The fourth-order valence-corrected chi connectivity index (χ4v) is 4.37. The van der Waals surface area contributed by atoms with Gasteiger partial charge in [0.1, 0.15) is 12.3 Å². The zero-order valence-electron chi connectivity index (χ0n) is 24.1. The van der Waals surface area contributed by atoms with E-state index in [4.69, 9.17) is 14.6 Å². The van der Waals surface area contributed by atoms with Crippen molar-refractivity contribution in [2.75, 3.05) is 40.8 Å². The summed E-state index contributed by atoms with van der Waals surface area (Å²) < 4.78 is 10.3. The second-order valence-corrected chi connectivity index (χ2v) is 10.2. The summed E-state index contributed by atoms with van der Waals surface area (Å²) in [5.74, 6) is 0. The van der Waals surface area contributed by atoms with E-state index in [0.29, 0.717) is 19.5 Å². The lowest BCUT2D eigenvalue weighted by Crippen LogP contribution is -2.43. The number of hydrogen-bond acceptors (Lipinski definition) is 5. The third-order valence-corrected chi connectivity index (χ3v) is 6.64. The standard InChI is InChI=1S/C19H37NO2.C9H20N2O3/c1-2-3-4-5-6-7-8-9-10-11-12-13-14-15-18-16-17-20-19(21)22-18;1-5-8(14-4)11(9(12)13)7-6-10(2)3/h18H,2-17H2,1H3,(H,20,21);8H,5-7H2,1-4H3,(H,12,13). The van der Waals surface area contributed by atoms with Crippen LogP contribution < -0.4 is 5.32 Å². The Morgan fingerprint density at radius 1 is 0.972 bits per heavy atom. The summed E-state index contributed by atoms with van der Waals surface area (Å²) in [5.41, 5.74) is 0. The predicted octanol–water partition coefficient (Wildman–Crippen LogP) is 6.88. The van der Waals surface area contributed by atoms with Crippen LogP contribution in [0.1, 0.15) is 117 Å². The maximum absolute atomic E-state index is 11.1. The van der Waals surface area contributed by atoms with Gasteiger partial charge in [-0.1, -0.05) is 90.9 Å². The summed E-state index contributed by atoms with van der Waals surface area (Å²) in [6, 6.07) is 0. The molecular formula is C28H57N3O5. The molecule has 2 N–H and O–H groups in total.